The fourth-order valence-electron chi connectivity index (χ4n) is 3.96. The molecular formula is C17H28O2. The van der Waals surface area contributed by atoms with Crippen LogP contribution in [0.3, 0.4) is 0 Å². The van der Waals surface area contributed by atoms with E-state index in [1.54, 1.807) is 0 Å². The van der Waals surface area contributed by atoms with Gasteiger partial charge in [-0.3, -0.25) is 0 Å². The molecule has 0 aromatic carbocycles. The van der Waals surface area contributed by atoms with Gasteiger partial charge < -0.3 is 10.2 Å². The van der Waals surface area contributed by atoms with E-state index in [2.05, 4.69) is 18.7 Å². The monoisotopic (exact) mass is 264 g/mol. The fourth-order valence-corrected chi connectivity index (χ4v) is 3.96. The topological polar surface area (TPSA) is 40.5 Å². The van der Waals surface area contributed by atoms with Gasteiger partial charge in [0.25, 0.3) is 0 Å². The predicted molar refractivity (Wildman–Crippen MR) is 78.7 cm³/mol. The van der Waals surface area contributed by atoms with Crippen molar-refractivity contribution in [2.75, 3.05) is 13.2 Å². The van der Waals surface area contributed by atoms with Crippen LogP contribution in [0.25, 0.3) is 0 Å². The second-order valence-corrected chi connectivity index (χ2v) is 6.27. The van der Waals surface area contributed by atoms with Crippen molar-refractivity contribution in [3.8, 4) is 0 Å². The minimum atomic E-state index is 0.162. The van der Waals surface area contributed by atoms with Gasteiger partial charge in [-0.05, 0) is 48.9 Å². The van der Waals surface area contributed by atoms with Gasteiger partial charge in [-0.15, -0.1) is 6.58 Å². The summed E-state index contributed by atoms with van der Waals surface area (Å²) in [6.45, 7) is 4.22. The lowest BCUT2D eigenvalue weighted by molar-refractivity contribution is 0.117. The van der Waals surface area contributed by atoms with Crippen molar-refractivity contribution < 1.29 is 10.2 Å². The summed E-state index contributed by atoms with van der Waals surface area (Å²) in [5, 5.41) is 19.1. The van der Waals surface area contributed by atoms with E-state index in [-0.39, 0.29) is 25.0 Å². The highest BCUT2D eigenvalue weighted by Gasteiger charge is 2.39. The maximum absolute atomic E-state index is 9.61. The fraction of sp³-hybridized carbons (Fsp3) is 0.765. The average molecular weight is 264 g/mol. The van der Waals surface area contributed by atoms with Crippen molar-refractivity contribution in [2.45, 2.75) is 38.5 Å². The molecule has 0 aliphatic heterocycles. The van der Waals surface area contributed by atoms with Gasteiger partial charge in [0.15, 0.2) is 0 Å². The van der Waals surface area contributed by atoms with Crippen molar-refractivity contribution in [1.29, 1.82) is 0 Å². The van der Waals surface area contributed by atoms with Crippen molar-refractivity contribution in [3.63, 3.8) is 0 Å². The van der Waals surface area contributed by atoms with Crippen molar-refractivity contribution in [3.05, 3.63) is 24.8 Å². The third-order valence-corrected chi connectivity index (χ3v) is 5.20. The van der Waals surface area contributed by atoms with Gasteiger partial charge in [-0.1, -0.05) is 37.5 Å². The van der Waals surface area contributed by atoms with Crippen LogP contribution in [-0.2, 0) is 0 Å². The molecule has 2 saturated carbocycles. The zero-order valence-corrected chi connectivity index (χ0v) is 11.9. The normalized spacial score (nSPS) is 36.9. The van der Waals surface area contributed by atoms with Crippen LogP contribution in [0.1, 0.15) is 38.5 Å². The lowest BCUT2D eigenvalue weighted by Crippen LogP contribution is -2.23. The Balaban J connectivity index is 1.98. The van der Waals surface area contributed by atoms with Crippen molar-refractivity contribution in [1.82, 2.24) is 0 Å². The third-order valence-electron chi connectivity index (χ3n) is 5.20. The Morgan fingerprint density at radius 1 is 0.895 bits per heavy atom. The molecule has 108 valence electrons. The van der Waals surface area contributed by atoms with Gasteiger partial charge in [0.05, 0.1) is 0 Å². The molecule has 0 radical (unpaired) electrons. The largest absolute Gasteiger partial charge is 0.396 e. The highest BCUT2D eigenvalue weighted by molar-refractivity contribution is 5.05. The molecule has 19 heavy (non-hydrogen) atoms. The average Bonchev–Trinajstić information content (AvgIpc) is 2.82. The van der Waals surface area contributed by atoms with Crippen molar-refractivity contribution >= 4 is 0 Å². The molecule has 0 aromatic heterocycles. The number of rotatable bonds is 5. The molecule has 0 bridgehead atoms. The molecule has 0 saturated heterocycles. The summed E-state index contributed by atoms with van der Waals surface area (Å²) in [5.74, 6) is 1.88. The first-order valence-electron chi connectivity index (χ1n) is 7.82. The Hall–Kier alpha value is -0.600. The zero-order chi connectivity index (χ0) is 13.7. The summed E-state index contributed by atoms with van der Waals surface area (Å²) >= 11 is 0. The van der Waals surface area contributed by atoms with Crippen LogP contribution in [0, 0.1) is 29.6 Å². The van der Waals surface area contributed by atoms with Gasteiger partial charge >= 0.3 is 0 Å². The van der Waals surface area contributed by atoms with Crippen LogP contribution in [0.5, 0.6) is 0 Å². The molecule has 0 unspecified atom stereocenters. The Morgan fingerprint density at radius 3 is 2.11 bits per heavy atom. The molecule has 2 nitrogen and oxygen atoms in total. The Kier molecular flexibility index (Phi) is 5.65. The molecule has 0 spiro atoms. The van der Waals surface area contributed by atoms with Gasteiger partial charge in [-0.25, -0.2) is 0 Å². The van der Waals surface area contributed by atoms with Crippen LogP contribution in [0.2, 0.25) is 0 Å². The molecule has 2 rings (SSSR count). The molecule has 0 heterocycles. The standard InChI is InChI=1S/C17H28O2/c1-2-14-10-15(17(12-19)16(14)11-18)9-8-13-6-4-3-5-7-13/h2,8-9,13-19H,1,3-7,10-12H2/b9-8-/t14-,15+,16+,17-/m0/s1. The van der Waals surface area contributed by atoms with Gasteiger partial charge in [0.2, 0.25) is 0 Å². The number of allylic oxidation sites excluding steroid dienone is 3. The molecular weight excluding hydrogens is 236 g/mol. The van der Waals surface area contributed by atoms with Crippen LogP contribution in [0.15, 0.2) is 24.8 Å². The van der Waals surface area contributed by atoms with Gasteiger partial charge in [-0.2, -0.15) is 0 Å². The first kappa shape index (κ1) is 14.8. The Bertz CT molecular complexity index is 304. The lowest BCUT2D eigenvalue weighted by atomic mass is 9.85. The van der Waals surface area contributed by atoms with Gasteiger partial charge in [0, 0.05) is 13.2 Å². The second-order valence-electron chi connectivity index (χ2n) is 6.27. The van der Waals surface area contributed by atoms with Crippen LogP contribution in [-0.4, -0.2) is 23.4 Å². The van der Waals surface area contributed by atoms with E-state index >= 15 is 0 Å². The minimum absolute atomic E-state index is 0.162. The van der Waals surface area contributed by atoms with E-state index in [1.165, 1.54) is 32.1 Å². The van der Waals surface area contributed by atoms with Crippen LogP contribution in [0.4, 0.5) is 0 Å². The molecule has 0 aromatic rings. The van der Waals surface area contributed by atoms with E-state index in [0.29, 0.717) is 11.8 Å². The molecule has 0 amide bonds. The van der Waals surface area contributed by atoms with E-state index in [0.717, 1.165) is 12.3 Å². The van der Waals surface area contributed by atoms with E-state index < -0.39 is 0 Å². The second kappa shape index (κ2) is 7.25. The molecule has 2 aliphatic carbocycles. The quantitative estimate of drug-likeness (QED) is 0.749. The highest BCUT2D eigenvalue weighted by Crippen LogP contribution is 2.43. The Labute approximate surface area is 117 Å². The van der Waals surface area contributed by atoms with Gasteiger partial charge in [0.1, 0.15) is 0 Å². The lowest BCUT2D eigenvalue weighted by Gasteiger charge is -2.22. The minimum Gasteiger partial charge on any atom is -0.396 e. The summed E-state index contributed by atoms with van der Waals surface area (Å²) in [6.07, 6.45) is 14.4. The molecule has 4 atom stereocenters. The van der Waals surface area contributed by atoms with E-state index in [9.17, 15) is 10.2 Å². The Morgan fingerprint density at radius 2 is 1.53 bits per heavy atom. The molecule has 2 heteroatoms. The van der Waals surface area contributed by atoms with Crippen LogP contribution < -0.4 is 0 Å². The summed E-state index contributed by atoms with van der Waals surface area (Å²) in [6, 6.07) is 0. The SMILES string of the molecule is C=C[C@H]1C[C@@H](/C=C\C2CCCCC2)[C@H](CO)[C@@H]1CO. The third kappa shape index (κ3) is 3.49. The smallest absolute Gasteiger partial charge is 0.0468 e. The maximum atomic E-state index is 9.61. The summed E-state index contributed by atoms with van der Waals surface area (Å²) in [5.41, 5.74) is 0. The maximum Gasteiger partial charge on any atom is 0.0468 e. The number of aliphatic hydroxyl groups excluding tert-OH is 2. The zero-order valence-electron chi connectivity index (χ0n) is 11.9. The molecule has 2 N–H and O–H groups in total. The summed E-state index contributed by atoms with van der Waals surface area (Å²) in [4.78, 5) is 0. The number of hydrogen-bond donors (Lipinski definition) is 2. The number of hydrogen-bond acceptors (Lipinski definition) is 2. The number of aliphatic hydroxyl groups is 2. The summed E-state index contributed by atoms with van der Waals surface area (Å²) in [7, 11) is 0. The van der Waals surface area contributed by atoms with E-state index in [4.69, 9.17) is 0 Å². The van der Waals surface area contributed by atoms with Crippen molar-refractivity contribution in [2.24, 2.45) is 29.6 Å². The predicted octanol–water partition coefficient (Wildman–Crippen LogP) is 3.16. The molecule has 2 fully saturated rings. The van der Waals surface area contributed by atoms with E-state index in [1.807, 2.05) is 6.08 Å². The summed E-state index contributed by atoms with van der Waals surface area (Å²) < 4.78 is 0. The first-order valence-corrected chi connectivity index (χ1v) is 7.82. The molecule has 2 aliphatic rings. The van der Waals surface area contributed by atoms with Crippen LogP contribution >= 0.6 is 0 Å². The highest BCUT2D eigenvalue weighted by atomic mass is 16.3. The first-order chi connectivity index (χ1) is 9.30.